The highest BCUT2D eigenvalue weighted by atomic mass is 19.1. The third-order valence-electron chi connectivity index (χ3n) is 6.36. The van der Waals surface area contributed by atoms with Gasteiger partial charge in [0, 0.05) is 13.1 Å². The minimum atomic E-state index is -0.718. The fraction of sp³-hybridized carbons (Fsp3) is 0.333. The first kappa shape index (κ1) is 19.0. The zero-order valence-corrected chi connectivity index (χ0v) is 16.7. The Bertz CT molecular complexity index is 1020. The zero-order valence-electron chi connectivity index (χ0n) is 16.7. The number of fused-ring (bicyclic) bond motifs is 1. The second-order valence-electron chi connectivity index (χ2n) is 8.42. The van der Waals surface area contributed by atoms with Gasteiger partial charge in [0.25, 0.3) is 0 Å². The standard InChI is InChI=1S/C24H23FN2O3/c1-15-2-4-17(5-3-15)13-27-14-24-11-10-19(30-24)20(21(24)23(27)29)22(28)26-12-16-6-8-18(25)9-7-16/h2-11,19-21H,12-14H2,1H3,(H,26,28)/t19-,20+,21-,24+/m0/s1. The van der Waals surface area contributed by atoms with E-state index in [4.69, 9.17) is 4.74 Å². The molecule has 5 rings (SSSR count). The lowest BCUT2D eigenvalue weighted by Crippen LogP contribution is -2.43. The number of nitrogens with one attached hydrogen (secondary N) is 1. The molecule has 2 fully saturated rings. The Morgan fingerprint density at radius 3 is 2.60 bits per heavy atom. The molecule has 30 heavy (non-hydrogen) atoms. The van der Waals surface area contributed by atoms with Crippen LogP contribution >= 0.6 is 0 Å². The molecule has 2 bridgehead atoms. The molecule has 1 N–H and O–H groups in total. The third kappa shape index (κ3) is 3.12. The molecule has 3 aliphatic rings. The second kappa shape index (κ2) is 7.06. The van der Waals surface area contributed by atoms with Gasteiger partial charge in [-0.15, -0.1) is 0 Å². The molecular weight excluding hydrogens is 383 g/mol. The molecule has 4 atom stereocenters. The summed E-state index contributed by atoms with van der Waals surface area (Å²) in [5.41, 5.74) is 2.31. The van der Waals surface area contributed by atoms with Crippen LogP contribution in [0, 0.1) is 24.6 Å². The Labute approximate surface area is 174 Å². The van der Waals surface area contributed by atoms with Crippen molar-refractivity contribution in [2.45, 2.75) is 31.7 Å². The summed E-state index contributed by atoms with van der Waals surface area (Å²) in [6, 6.07) is 14.1. The molecule has 3 heterocycles. The Hall–Kier alpha value is -2.99. The number of amides is 2. The maximum atomic E-state index is 13.3. The lowest BCUT2D eigenvalue weighted by atomic mass is 9.77. The molecule has 5 nitrogen and oxygen atoms in total. The second-order valence-corrected chi connectivity index (χ2v) is 8.42. The van der Waals surface area contributed by atoms with Gasteiger partial charge in [-0.05, 0) is 30.2 Å². The molecule has 0 saturated carbocycles. The Kier molecular flexibility index (Phi) is 4.47. The number of benzene rings is 2. The van der Waals surface area contributed by atoms with Crippen molar-refractivity contribution < 1.29 is 18.7 Å². The van der Waals surface area contributed by atoms with Crippen molar-refractivity contribution in [1.29, 1.82) is 0 Å². The van der Waals surface area contributed by atoms with Crippen LogP contribution in [0.2, 0.25) is 0 Å². The maximum Gasteiger partial charge on any atom is 0.230 e. The van der Waals surface area contributed by atoms with E-state index in [-0.39, 0.29) is 30.3 Å². The summed E-state index contributed by atoms with van der Waals surface area (Å²) >= 11 is 0. The summed E-state index contributed by atoms with van der Waals surface area (Å²) in [6.07, 6.45) is 3.48. The van der Waals surface area contributed by atoms with Crippen molar-refractivity contribution in [2.75, 3.05) is 6.54 Å². The monoisotopic (exact) mass is 406 g/mol. The molecular formula is C24H23FN2O3. The first-order valence-electron chi connectivity index (χ1n) is 10.2. The highest BCUT2D eigenvalue weighted by molar-refractivity contribution is 5.93. The number of hydrogen-bond acceptors (Lipinski definition) is 3. The van der Waals surface area contributed by atoms with Gasteiger partial charge < -0.3 is 15.0 Å². The lowest BCUT2D eigenvalue weighted by molar-refractivity contribution is -0.137. The first-order valence-corrected chi connectivity index (χ1v) is 10.2. The highest BCUT2D eigenvalue weighted by Crippen LogP contribution is 2.52. The maximum absolute atomic E-state index is 13.3. The predicted octanol–water partition coefficient (Wildman–Crippen LogP) is 2.73. The van der Waals surface area contributed by atoms with E-state index in [0.717, 1.165) is 11.1 Å². The van der Waals surface area contributed by atoms with E-state index in [1.165, 1.54) is 17.7 Å². The first-order chi connectivity index (χ1) is 14.4. The topological polar surface area (TPSA) is 58.6 Å². The van der Waals surface area contributed by atoms with Crippen molar-refractivity contribution in [3.05, 3.63) is 83.2 Å². The average molecular weight is 406 g/mol. The molecule has 0 aromatic heterocycles. The summed E-state index contributed by atoms with van der Waals surface area (Å²) in [5.74, 6) is -1.61. The van der Waals surface area contributed by atoms with Crippen molar-refractivity contribution in [2.24, 2.45) is 11.8 Å². The summed E-state index contributed by atoms with van der Waals surface area (Å²) in [5, 5.41) is 2.90. The van der Waals surface area contributed by atoms with Crippen LogP contribution in [0.1, 0.15) is 16.7 Å². The van der Waals surface area contributed by atoms with Crippen molar-refractivity contribution in [1.82, 2.24) is 10.2 Å². The minimum absolute atomic E-state index is 0.0376. The normalized spacial score (nSPS) is 28.8. The SMILES string of the molecule is Cc1ccc(CN2C[C@@]34C=C[C@H](O3)[C@@H](C(=O)NCc3ccc(F)cc3)[C@H]4C2=O)cc1. The quantitative estimate of drug-likeness (QED) is 0.777. The fourth-order valence-electron chi connectivity index (χ4n) is 4.83. The van der Waals surface area contributed by atoms with Crippen LogP contribution < -0.4 is 5.32 Å². The van der Waals surface area contributed by atoms with Crippen LogP contribution in [-0.2, 0) is 27.4 Å². The van der Waals surface area contributed by atoms with E-state index in [1.54, 1.807) is 17.0 Å². The largest absolute Gasteiger partial charge is 0.360 e. The molecule has 2 amide bonds. The number of halogens is 1. The van der Waals surface area contributed by atoms with Gasteiger partial charge in [0.2, 0.25) is 11.8 Å². The molecule has 154 valence electrons. The molecule has 0 aliphatic carbocycles. The van der Waals surface area contributed by atoms with Gasteiger partial charge in [-0.25, -0.2) is 4.39 Å². The minimum Gasteiger partial charge on any atom is -0.360 e. The number of aryl methyl sites for hydroxylation is 1. The Morgan fingerprint density at radius 1 is 1.17 bits per heavy atom. The van der Waals surface area contributed by atoms with Crippen LogP contribution in [0.15, 0.2) is 60.7 Å². The molecule has 6 heteroatoms. The van der Waals surface area contributed by atoms with Crippen molar-refractivity contribution in [3.8, 4) is 0 Å². The molecule has 1 spiro atoms. The smallest absolute Gasteiger partial charge is 0.230 e. The van der Waals surface area contributed by atoms with Gasteiger partial charge in [0.05, 0.1) is 24.5 Å². The predicted molar refractivity (Wildman–Crippen MR) is 109 cm³/mol. The molecule has 0 unspecified atom stereocenters. The Morgan fingerprint density at radius 2 is 1.87 bits per heavy atom. The zero-order chi connectivity index (χ0) is 20.9. The average Bonchev–Trinajstić information content (AvgIpc) is 3.37. The van der Waals surface area contributed by atoms with Crippen LogP contribution in [0.25, 0.3) is 0 Å². The van der Waals surface area contributed by atoms with Gasteiger partial charge in [-0.3, -0.25) is 9.59 Å². The van der Waals surface area contributed by atoms with E-state index in [1.807, 2.05) is 43.3 Å². The van der Waals surface area contributed by atoms with Gasteiger partial charge in [0.1, 0.15) is 11.4 Å². The van der Waals surface area contributed by atoms with Crippen LogP contribution in [0.4, 0.5) is 4.39 Å². The number of ether oxygens (including phenoxy) is 1. The summed E-state index contributed by atoms with van der Waals surface area (Å²) in [4.78, 5) is 28.0. The number of likely N-dealkylation sites (tertiary alicyclic amines) is 1. The lowest BCUT2D eigenvalue weighted by Gasteiger charge is -2.23. The third-order valence-corrected chi connectivity index (χ3v) is 6.36. The van der Waals surface area contributed by atoms with E-state index < -0.39 is 17.4 Å². The molecule has 2 aromatic rings. The van der Waals surface area contributed by atoms with Gasteiger partial charge in [-0.1, -0.05) is 54.1 Å². The molecule has 2 aromatic carbocycles. The number of rotatable bonds is 5. The van der Waals surface area contributed by atoms with E-state index in [2.05, 4.69) is 5.32 Å². The molecule has 0 radical (unpaired) electrons. The Balaban J connectivity index is 1.31. The van der Waals surface area contributed by atoms with Gasteiger partial charge in [0.15, 0.2) is 0 Å². The van der Waals surface area contributed by atoms with Crippen LogP contribution in [0.3, 0.4) is 0 Å². The van der Waals surface area contributed by atoms with E-state index >= 15 is 0 Å². The van der Waals surface area contributed by atoms with Crippen LogP contribution in [0.5, 0.6) is 0 Å². The molecule has 2 saturated heterocycles. The van der Waals surface area contributed by atoms with Crippen molar-refractivity contribution in [3.63, 3.8) is 0 Å². The van der Waals surface area contributed by atoms with Crippen molar-refractivity contribution >= 4 is 11.8 Å². The fourth-order valence-corrected chi connectivity index (χ4v) is 4.83. The number of carbonyl (C=O) groups is 2. The number of hydrogen-bond donors (Lipinski definition) is 1. The highest BCUT2D eigenvalue weighted by Gasteiger charge is 2.66. The number of nitrogens with zero attached hydrogens (tertiary/aromatic N) is 1. The van der Waals surface area contributed by atoms with Gasteiger partial charge in [-0.2, -0.15) is 0 Å². The van der Waals surface area contributed by atoms with E-state index in [9.17, 15) is 14.0 Å². The number of carbonyl (C=O) groups excluding carboxylic acids is 2. The molecule has 3 aliphatic heterocycles. The summed E-state index contributed by atoms with van der Waals surface area (Å²) in [7, 11) is 0. The summed E-state index contributed by atoms with van der Waals surface area (Å²) < 4.78 is 19.2. The van der Waals surface area contributed by atoms with E-state index in [0.29, 0.717) is 13.1 Å². The van der Waals surface area contributed by atoms with Gasteiger partial charge >= 0.3 is 0 Å². The summed E-state index contributed by atoms with van der Waals surface area (Å²) in [6.45, 7) is 3.27. The van der Waals surface area contributed by atoms with Crippen LogP contribution in [-0.4, -0.2) is 35.0 Å².